The fourth-order valence-corrected chi connectivity index (χ4v) is 2.65. The van der Waals surface area contributed by atoms with Crippen LogP contribution in [0.25, 0.3) is 0 Å². The molecule has 2 heterocycles. The molecule has 0 saturated carbocycles. The topological polar surface area (TPSA) is 58.4 Å². The van der Waals surface area contributed by atoms with Crippen LogP contribution in [0.1, 0.15) is 34.7 Å². The number of piperidine rings is 1. The molecule has 1 saturated heterocycles. The highest BCUT2D eigenvalue weighted by atomic mass is 16.5. The maximum absolute atomic E-state index is 12.5. The van der Waals surface area contributed by atoms with E-state index >= 15 is 0 Å². The zero-order valence-corrected chi connectivity index (χ0v) is 11.3. The summed E-state index contributed by atoms with van der Waals surface area (Å²) < 4.78 is 5.07. The Bertz CT molecular complexity index is 406. The lowest BCUT2D eigenvalue weighted by molar-refractivity contribution is 0.0672. The lowest BCUT2D eigenvalue weighted by Crippen LogP contribution is -2.42. The molecule has 18 heavy (non-hydrogen) atoms. The van der Waals surface area contributed by atoms with Crippen molar-refractivity contribution in [2.24, 2.45) is 5.92 Å². The number of aromatic nitrogens is 1. The number of nitrogens with zero attached hydrogens (tertiary/aromatic N) is 2. The Morgan fingerprint density at radius 1 is 1.56 bits per heavy atom. The molecule has 5 nitrogen and oxygen atoms in total. The maximum Gasteiger partial charge on any atom is 0.259 e. The summed E-state index contributed by atoms with van der Waals surface area (Å²) in [4.78, 5) is 14.4. The molecule has 0 aromatic carbocycles. The zero-order valence-electron chi connectivity index (χ0n) is 11.3. The minimum atomic E-state index is 0.0621. The predicted octanol–water partition coefficient (Wildman–Crippen LogP) is 1.36. The molecule has 1 aromatic heterocycles. The smallest absolute Gasteiger partial charge is 0.259 e. The van der Waals surface area contributed by atoms with E-state index in [-0.39, 0.29) is 5.91 Å². The third kappa shape index (κ3) is 2.56. The van der Waals surface area contributed by atoms with Gasteiger partial charge in [0.15, 0.2) is 0 Å². The number of hydrogen-bond acceptors (Lipinski definition) is 4. The molecule has 1 aromatic rings. The van der Waals surface area contributed by atoms with E-state index in [9.17, 15) is 4.79 Å². The number of nitrogens with one attached hydrogen (secondary N) is 1. The summed E-state index contributed by atoms with van der Waals surface area (Å²) in [5.41, 5.74) is 1.33. The van der Waals surface area contributed by atoms with E-state index < -0.39 is 0 Å². The van der Waals surface area contributed by atoms with E-state index in [1.54, 1.807) is 6.92 Å². The van der Waals surface area contributed by atoms with Crippen LogP contribution in [0.5, 0.6) is 0 Å². The van der Waals surface area contributed by atoms with Crippen molar-refractivity contribution in [2.45, 2.75) is 26.7 Å². The van der Waals surface area contributed by atoms with Gasteiger partial charge in [-0.05, 0) is 46.2 Å². The molecule has 1 aliphatic heterocycles. The van der Waals surface area contributed by atoms with Crippen LogP contribution in [-0.4, -0.2) is 42.6 Å². The van der Waals surface area contributed by atoms with Gasteiger partial charge < -0.3 is 14.7 Å². The van der Waals surface area contributed by atoms with Crippen LogP contribution >= 0.6 is 0 Å². The van der Waals surface area contributed by atoms with Gasteiger partial charge in [0.05, 0.1) is 5.69 Å². The first-order valence-electron chi connectivity index (χ1n) is 6.50. The van der Waals surface area contributed by atoms with Gasteiger partial charge in [0.2, 0.25) is 0 Å². The SMILES string of the molecule is CNCC1CCCN(C(=O)c2c(C)noc2C)C1. The molecule has 1 atom stereocenters. The van der Waals surface area contributed by atoms with E-state index in [2.05, 4.69) is 10.5 Å². The number of hydrogen-bond donors (Lipinski definition) is 1. The minimum absolute atomic E-state index is 0.0621. The Labute approximate surface area is 108 Å². The molecule has 1 unspecified atom stereocenters. The monoisotopic (exact) mass is 251 g/mol. The fraction of sp³-hybridized carbons (Fsp3) is 0.692. The van der Waals surface area contributed by atoms with E-state index in [1.807, 2.05) is 18.9 Å². The van der Waals surface area contributed by atoms with E-state index in [0.717, 1.165) is 26.1 Å². The molecular formula is C13H21N3O2. The van der Waals surface area contributed by atoms with E-state index in [4.69, 9.17) is 4.52 Å². The van der Waals surface area contributed by atoms with Gasteiger partial charge in [0.25, 0.3) is 5.91 Å². The van der Waals surface area contributed by atoms with Crippen molar-refractivity contribution in [3.8, 4) is 0 Å². The lowest BCUT2D eigenvalue weighted by atomic mass is 9.97. The van der Waals surface area contributed by atoms with Crippen molar-refractivity contribution in [1.29, 1.82) is 0 Å². The number of rotatable bonds is 3. The average molecular weight is 251 g/mol. The summed E-state index contributed by atoms with van der Waals surface area (Å²) in [6.07, 6.45) is 2.26. The molecule has 100 valence electrons. The van der Waals surface area contributed by atoms with Gasteiger partial charge in [-0.2, -0.15) is 0 Å². The van der Waals surface area contributed by atoms with Gasteiger partial charge in [0.1, 0.15) is 11.3 Å². The highest BCUT2D eigenvalue weighted by Gasteiger charge is 2.27. The molecule has 1 N–H and O–H groups in total. The lowest BCUT2D eigenvalue weighted by Gasteiger charge is -2.32. The van der Waals surface area contributed by atoms with Crippen LogP contribution in [0.15, 0.2) is 4.52 Å². The Kier molecular flexibility index (Phi) is 4.01. The van der Waals surface area contributed by atoms with Gasteiger partial charge in [0, 0.05) is 13.1 Å². The average Bonchev–Trinajstić information content (AvgIpc) is 2.69. The molecule has 5 heteroatoms. The van der Waals surface area contributed by atoms with Crippen molar-refractivity contribution in [2.75, 3.05) is 26.7 Å². The summed E-state index contributed by atoms with van der Waals surface area (Å²) in [6.45, 7) is 6.24. The number of carbonyl (C=O) groups excluding carboxylic acids is 1. The standard InChI is InChI=1S/C13H21N3O2/c1-9-12(10(2)18-15-9)13(17)16-6-4-5-11(8-16)7-14-3/h11,14H,4-8H2,1-3H3. The maximum atomic E-state index is 12.5. The van der Waals surface area contributed by atoms with Crippen molar-refractivity contribution in [3.63, 3.8) is 0 Å². The second-order valence-corrected chi connectivity index (χ2v) is 5.02. The van der Waals surface area contributed by atoms with Crippen LogP contribution in [0.2, 0.25) is 0 Å². The summed E-state index contributed by atoms with van der Waals surface area (Å²) >= 11 is 0. The predicted molar refractivity (Wildman–Crippen MR) is 68.5 cm³/mol. The number of likely N-dealkylation sites (tertiary alicyclic amines) is 1. The van der Waals surface area contributed by atoms with Crippen molar-refractivity contribution < 1.29 is 9.32 Å². The molecule has 1 aliphatic rings. The highest BCUT2D eigenvalue weighted by molar-refractivity contribution is 5.96. The van der Waals surface area contributed by atoms with Crippen LogP contribution in [-0.2, 0) is 0 Å². The minimum Gasteiger partial charge on any atom is -0.361 e. The zero-order chi connectivity index (χ0) is 13.1. The Morgan fingerprint density at radius 2 is 2.33 bits per heavy atom. The first-order chi connectivity index (χ1) is 8.63. The van der Waals surface area contributed by atoms with Crippen LogP contribution in [0.4, 0.5) is 0 Å². The van der Waals surface area contributed by atoms with Gasteiger partial charge in [-0.15, -0.1) is 0 Å². The number of amides is 1. The number of carbonyl (C=O) groups is 1. The Hall–Kier alpha value is -1.36. The Balaban J connectivity index is 2.09. The van der Waals surface area contributed by atoms with Gasteiger partial charge in [-0.1, -0.05) is 5.16 Å². The van der Waals surface area contributed by atoms with E-state index in [1.165, 1.54) is 6.42 Å². The first-order valence-corrected chi connectivity index (χ1v) is 6.50. The molecule has 0 bridgehead atoms. The first kappa shape index (κ1) is 13.1. The second-order valence-electron chi connectivity index (χ2n) is 5.02. The molecule has 0 spiro atoms. The summed E-state index contributed by atoms with van der Waals surface area (Å²) in [5, 5.41) is 7.04. The molecule has 1 amide bonds. The summed E-state index contributed by atoms with van der Waals surface area (Å²) in [6, 6.07) is 0. The van der Waals surface area contributed by atoms with Crippen molar-refractivity contribution in [3.05, 3.63) is 17.0 Å². The molecule has 2 rings (SSSR count). The molecule has 0 aliphatic carbocycles. The van der Waals surface area contributed by atoms with Crippen molar-refractivity contribution in [1.82, 2.24) is 15.4 Å². The molecular weight excluding hydrogens is 230 g/mol. The third-order valence-corrected chi connectivity index (χ3v) is 3.55. The molecule has 1 fully saturated rings. The Morgan fingerprint density at radius 3 is 2.94 bits per heavy atom. The summed E-state index contributed by atoms with van der Waals surface area (Å²) in [5.74, 6) is 1.23. The third-order valence-electron chi connectivity index (χ3n) is 3.55. The summed E-state index contributed by atoms with van der Waals surface area (Å²) in [7, 11) is 1.95. The van der Waals surface area contributed by atoms with Crippen LogP contribution < -0.4 is 5.32 Å². The second kappa shape index (κ2) is 5.52. The van der Waals surface area contributed by atoms with Crippen LogP contribution in [0.3, 0.4) is 0 Å². The normalized spacial score (nSPS) is 20.2. The van der Waals surface area contributed by atoms with Gasteiger partial charge in [-0.3, -0.25) is 4.79 Å². The quantitative estimate of drug-likeness (QED) is 0.881. The van der Waals surface area contributed by atoms with E-state index in [0.29, 0.717) is 22.9 Å². The molecule has 0 radical (unpaired) electrons. The van der Waals surface area contributed by atoms with Crippen LogP contribution in [0, 0.1) is 19.8 Å². The van der Waals surface area contributed by atoms with Gasteiger partial charge >= 0.3 is 0 Å². The fourth-order valence-electron chi connectivity index (χ4n) is 2.65. The van der Waals surface area contributed by atoms with Gasteiger partial charge in [-0.25, -0.2) is 0 Å². The highest BCUT2D eigenvalue weighted by Crippen LogP contribution is 2.21. The largest absolute Gasteiger partial charge is 0.361 e. The number of aryl methyl sites for hydroxylation is 2. The van der Waals surface area contributed by atoms with Crippen molar-refractivity contribution >= 4 is 5.91 Å².